The predicted molar refractivity (Wildman–Crippen MR) is 129 cm³/mol. The molecule has 1 amide bonds. The molecule has 0 radical (unpaired) electrons. The lowest BCUT2D eigenvalue weighted by Crippen LogP contribution is -2.35. The van der Waals surface area contributed by atoms with Gasteiger partial charge in [0.1, 0.15) is 6.54 Å². The van der Waals surface area contributed by atoms with Crippen molar-refractivity contribution in [2.45, 2.75) is 11.8 Å². The molecule has 0 aliphatic carbocycles. The van der Waals surface area contributed by atoms with Crippen molar-refractivity contribution in [2.75, 3.05) is 10.8 Å². The summed E-state index contributed by atoms with van der Waals surface area (Å²) >= 11 is 3.36. The summed E-state index contributed by atoms with van der Waals surface area (Å²) in [4.78, 5) is 15.6. The molecule has 0 unspecified atom stereocenters. The molecule has 0 atom stereocenters. The van der Waals surface area contributed by atoms with E-state index in [-0.39, 0.29) is 16.5 Å². The van der Waals surface area contributed by atoms with Crippen LogP contribution in [0.5, 0.6) is 5.88 Å². The quantitative estimate of drug-likeness (QED) is 0.325. The fourth-order valence-electron chi connectivity index (χ4n) is 3.36. The number of aromatic hydroxyl groups is 1. The smallest absolute Gasteiger partial charge is 0.285 e. The normalized spacial score (nSPS) is 11.8. The molecule has 1 heterocycles. The van der Waals surface area contributed by atoms with Gasteiger partial charge >= 0.3 is 0 Å². The maximum absolute atomic E-state index is 13.4. The first-order chi connectivity index (χ1) is 15.8. The number of fused-ring (bicyclic) bond motifs is 1. The number of benzene rings is 3. The number of halogens is 1. The Morgan fingerprint density at radius 1 is 1.06 bits per heavy atom. The Morgan fingerprint density at radius 3 is 2.48 bits per heavy atom. The molecule has 0 spiro atoms. The van der Waals surface area contributed by atoms with Gasteiger partial charge < -0.3 is 10.1 Å². The second-order valence-electron chi connectivity index (χ2n) is 7.22. The molecule has 0 fully saturated rings. The molecule has 2 N–H and O–H groups in total. The van der Waals surface area contributed by atoms with E-state index in [0.717, 1.165) is 8.78 Å². The lowest BCUT2D eigenvalue weighted by molar-refractivity contribution is -0.116. The molecule has 4 aromatic rings. The van der Waals surface area contributed by atoms with Gasteiger partial charge in [-0.25, -0.2) is 8.42 Å². The number of aromatic amines is 1. The third-order valence-electron chi connectivity index (χ3n) is 4.97. The van der Waals surface area contributed by atoms with Crippen molar-refractivity contribution in [2.24, 2.45) is 10.2 Å². The number of rotatable bonds is 6. The van der Waals surface area contributed by atoms with Crippen LogP contribution in [0.2, 0.25) is 0 Å². The van der Waals surface area contributed by atoms with Gasteiger partial charge in [-0.1, -0.05) is 52.3 Å². The standard InChI is InChI=1S/C23H19BrN4O4S/c1-15-7-5-6-10-20(15)28(33(31,32)17-8-3-2-4-9-17)14-21(29)26-27-22-18-13-16(24)11-12-19(18)25-23(22)30/h2-13,25,30H,14H2,1H3. The zero-order valence-electron chi connectivity index (χ0n) is 17.4. The van der Waals surface area contributed by atoms with Gasteiger partial charge in [0.25, 0.3) is 15.9 Å². The number of carbonyl (C=O) groups excluding carboxylic acids is 1. The van der Waals surface area contributed by atoms with Crippen molar-refractivity contribution in [3.05, 3.63) is 82.8 Å². The fourth-order valence-corrected chi connectivity index (χ4v) is 5.22. The molecular weight excluding hydrogens is 508 g/mol. The molecule has 10 heteroatoms. The fraction of sp³-hybridized carbons (Fsp3) is 0.0870. The van der Waals surface area contributed by atoms with Crippen LogP contribution in [0.1, 0.15) is 5.56 Å². The number of aryl methyl sites for hydroxylation is 1. The lowest BCUT2D eigenvalue weighted by atomic mass is 10.2. The van der Waals surface area contributed by atoms with E-state index in [9.17, 15) is 18.3 Å². The first kappa shape index (κ1) is 22.7. The summed E-state index contributed by atoms with van der Waals surface area (Å²) in [5.74, 6) is -1.03. The third kappa shape index (κ3) is 4.67. The van der Waals surface area contributed by atoms with Crippen LogP contribution in [0.25, 0.3) is 10.9 Å². The van der Waals surface area contributed by atoms with Crippen LogP contribution in [0.3, 0.4) is 0 Å². The molecule has 0 saturated heterocycles. The van der Waals surface area contributed by atoms with E-state index in [2.05, 4.69) is 31.1 Å². The number of hydrogen-bond acceptors (Lipinski definition) is 5. The minimum atomic E-state index is -4.04. The van der Waals surface area contributed by atoms with E-state index < -0.39 is 22.5 Å². The number of azo groups is 1. The maximum Gasteiger partial charge on any atom is 0.285 e. The van der Waals surface area contributed by atoms with E-state index in [1.54, 1.807) is 67.6 Å². The van der Waals surface area contributed by atoms with E-state index in [1.807, 2.05) is 0 Å². The molecule has 0 aliphatic heterocycles. The minimum absolute atomic E-state index is 0.0529. The maximum atomic E-state index is 13.4. The molecule has 0 saturated carbocycles. The van der Waals surface area contributed by atoms with Gasteiger partial charge in [-0.3, -0.25) is 9.10 Å². The van der Waals surface area contributed by atoms with Crippen LogP contribution >= 0.6 is 15.9 Å². The van der Waals surface area contributed by atoms with Crippen molar-refractivity contribution in [1.29, 1.82) is 0 Å². The van der Waals surface area contributed by atoms with E-state index in [4.69, 9.17) is 0 Å². The second kappa shape index (κ2) is 9.16. The number of anilines is 1. The van der Waals surface area contributed by atoms with Gasteiger partial charge in [0.05, 0.1) is 16.1 Å². The van der Waals surface area contributed by atoms with Crippen LogP contribution in [0, 0.1) is 6.92 Å². The van der Waals surface area contributed by atoms with Gasteiger partial charge in [-0.05, 0) is 48.9 Å². The van der Waals surface area contributed by atoms with Crippen molar-refractivity contribution >= 4 is 54.1 Å². The Hall–Kier alpha value is -3.50. The highest BCUT2D eigenvalue weighted by Crippen LogP contribution is 2.37. The first-order valence-electron chi connectivity index (χ1n) is 9.85. The zero-order chi connectivity index (χ0) is 23.6. The van der Waals surface area contributed by atoms with Crippen LogP contribution < -0.4 is 4.31 Å². The number of para-hydroxylation sites is 1. The number of nitrogens with one attached hydrogen (secondary N) is 1. The highest BCUT2D eigenvalue weighted by molar-refractivity contribution is 9.10. The topological polar surface area (TPSA) is 115 Å². The molecule has 8 nitrogen and oxygen atoms in total. The zero-order valence-corrected chi connectivity index (χ0v) is 19.8. The van der Waals surface area contributed by atoms with Gasteiger partial charge in [0.15, 0.2) is 5.69 Å². The molecule has 1 aromatic heterocycles. The third-order valence-corrected chi connectivity index (χ3v) is 7.24. The Morgan fingerprint density at radius 2 is 1.76 bits per heavy atom. The molecule has 33 heavy (non-hydrogen) atoms. The second-order valence-corrected chi connectivity index (χ2v) is 10.00. The summed E-state index contributed by atoms with van der Waals surface area (Å²) < 4.78 is 28.5. The summed E-state index contributed by atoms with van der Waals surface area (Å²) in [6.45, 7) is 1.20. The molecule has 3 aromatic carbocycles. The lowest BCUT2D eigenvalue weighted by Gasteiger charge is -2.24. The summed E-state index contributed by atoms with van der Waals surface area (Å²) in [5, 5.41) is 18.3. The van der Waals surface area contributed by atoms with Crippen LogP contribution in [0.15, 0.2) is 92.4 Å². The highest BCUT2D eigenvalue weighted by atomic mass is 79.9. The number of hydrogen-bond donors (Lipinski definition) is 2. The summed E-state index contributed by atoms with van der Waals surface area (Å²) in [6, 6.07) is 20.0. The summed E-state index contributed by atoms with van der Waals surface area (Å²) in [7, 11) is -4.04. The first-order valence-corrected chi connectivity index (χ1v) is 12.1. The summed E-state index contributed by atoms with van der Waals surface area (Å²) in [6.07, 6.45) is 0. The number of sulfonamides is 1. The number of amides is 1. The number of H-pyrrole nitrogens is 1. The monoisotopic (exact) mass is 526 g/mol. The van der Waals surface area contributed by atoms with E-state index in [1.165, 1.54) is 12.1 Å². The number of aromatic nitrogens is 1. The van der Waals surface area contributed by atoms with Crippen molar-refractivity contribution < 1.29 is 18.3 Å². The Balaban J connectivity index is 1.69. The Kier molecular flexibility index (Phi) is 6.30. The number of carbonyl (C=O) groups is 1. The van der Waals surface area contributed by atoms with E-state index in [0.29, 0.717) is 22.2 Å². The van der Waals surface area contributed by atoms with Gasteiger partial charge in [-0.2, -0.15) is 0 Å². The highest BCUT2D eigenvalue weighted by Gasteiger charge is 2.28. The average Bonchev–Trinajstić information content (AvgIpc) is 3.11. The Bertz CT molecular complexity index is 1470. The predicted octanol–water partition coefficient (Wildman–Crippen LogP) is 5.45. The summed E-state index contributed by atoms with van der Waals surface area (Å²) in [5.41, 5.74) is 1.75. The van der Waals surface area contributed by atoms with Crippen LogP contribution in [-0.4, -0.2) is 31.0 Å². The average molecular weight is 527 g/mol. The molecule has 4 rings (SSSR count). The Labute approximate surface area is 198 Å². The minimum Gasteiger partial charge on any atom is -0.493 e. The SMILES string of the molecule is Cc1ccccc1N(CC(=O)N=Nc1c(O)[nH]c2ccc(Br)cc12)S(=O)(=O)c1ccccc1. The van der Waals surface area contributed by atoms with Crippen LogP contribution in [-0.2, 0) is 14.8 Å². The van der Waals surface area contributed by atoms with E-state index >= 15 is 0 Å². The van der Waals surface area contributed by atoms with Gasteiger partial charge in [0.2, 0.25) is 5.88 Å². The molecule has 0 aliphatic rings. The van der Waals surface area contributed by atoms with Gasteiger partial charge in [0, 0.05) is 9.86 Å². The molecular formula is C23H19BrN4O4S. The number of nitrogens with zero attached hydrogens (tertiary/aromatic N) is 3. The van der Waals surface area contributed by atoms with Crippen molar-refractivity contribution in [1.82, 2.24) is 4.98 Å². The van der Waals surface area contributed by atoms with Crippen molar-refractivity contribution in [3.8, 4) is 5.88 Å². The van der Waals surface area contributed by atoms with Crippen LogP contribution in [0.4, 0.5) is 11.4 Å². The van der Waals surface area contributed by atoms with Gasteiger partial charge in [-0.15, -0.1) is 10.2 Å². The largest absolute Gasteiger partial charge is 0.493 e. The molecule has 168 valence electrons. The molecule has 0 bridgehead atoms. The van der Waals surface area contributed by atoms with Crippen molar-refractivity contribution in [3.63, 3.8) is 0 Å².